The molecule has 0 aromatic carbocycles. The van der Waals surface area contributed by atoms with Crippen molar-refractivity contribution >= 4 is 56.5 Å². The molecular weight excluding hydrogens is 382 g/mol. The predicted octanol–water partition coefficient (Wildman–Crippen LogP) is 4.23. The van der Waals surface area contributed by atoms with Crippen molar-refractivity contribution in [3.8, 4) is 0 Å². The Morgan fingerprint density at radius 3 is 1.64 bits per heavy atom. The number of hydrogen-bond donors (Lipinski definition) is 0. The minimum absolute atomic E-state index is 1.16. The van der Waals surface area contributed by atoms with Gasteiger partial charge in [0, 0.05) is 18.6 Å². The summed E-state index contributed by atoms with van der Waals surface area (Å²) in [5.41, 5.74) is 3.14. The van der Waals surface area contributed by atoms with Gasteiger partial charge in [-0.05, 0) is 25.0 Å². The number of halogens is 2. The zero-order valence-electron chi connectivity index (χ0n) is 6.58. The molecule has 0 saturated carbocycles. The van der Waals surface area contributed by atoms with Crippen LogP contribution >= 0.6 is 56.5 Å². The minimum atomic E-state index is 1.16. The molecule has 0 radical (unpaired) electrons. The lowest BCUT2D eigenvalue weighted by molar-refractivity contribution is 1.30. The lowest BCUT2D eigenvalue weighted by atomic mass is 10.2. The molecule has 0 N–H and O–H groups in total. The molecular formula is C8H10I2S. The maximum Gasteiger partial charge on any atom is 0.0261 e. The number of alkyl halides is 2. The molecule has 0 unspecified atom stereocenters. The zero-order valence-corrected chi connectivity index (χ0v) is 11.7. The van der Waals surface area contributed by atoms with Crippen LogP contribution in [0.25, 0.3) is 0 Å². The first-order chi connectivity index (χ1) is 5.20. The van der Waals surface area contributed by atoms with Crippen LogP contribution in [-0.2, 0) is 8.86 Å². The first-order valence-electron chi connectivity index (χ1n) is 3.40. The van der Waals surface area contributed by atoms with E-state index in [1.165, 1.54) is 9.75 Å². The van der Waals surface area contributed by atoms with Crippen LogP contribution in [0.1, 0.15) is 20.9 Å². The van der Waals surface area contributed by atoms with Crippen molar-refractivity contribution in [3.63, 3.8) is 0 Å². The molecule has 1 aromatic rings. The van der Waals surface area contributed by atoms with Crippen molar-refractivity contribution in [2.24, 2.45) is 0 Å². The standard InChI is InChI=1S/C8H10I2S/c1-5-7(3-9)8(4-10)6(2)11-5/h3-4H2,1-2H3. The van der Waals surface area contributed by atoms with Crippen molar-refractivity contribution < 1.29 is 0 Å². The van der Waals surface area contributed by atoms with Crippen LogP contribution in [0.2, 0.25) is 0 Å². The van der Waals surface area contributed by atoms with E-state index >= 15 is 0 Å². The van der Waals surface area contributed by atoms with Gasteiger partial charge in [-0.1, -0.05) is 45.2 Å². The Morgan fingerprint density at radius 2 is 1.36 bits per heavy atom. The van der Waals surface area contributed by atoms with E-state index in [4.69, 9.17) is 0 Å². The highest BCUT2D eigenvalue weighted by Crippen LogP contribution is 2.30. The van der Waals surface area contributed by atoms with E-state index in [0.29, 0.717) is 0 Å². The van der Waals surface area contributed by atoms with Crippen LogP contribution in [-0.4, -0.2) is 0 Å². The molecule has 0 atom stereocenters. The highest BCUT2D eigenvalue weighted by atomic mass is 127. The van der Waals surface area contributed by atoms with E-state index in [1.54, 1.807) is 11.1 Å². The van der Waals surface area contributed by atoms with Crippen LogP contribution in [0.4, 0.5) is 0 Å². The molecule has 1 rings (SSSR count). The fraction of sp³-hybridized carbons (Fsp3) is 0.500. The fourth-order valence-electron chi connectivity index (χ4n) is 1.13. The van der Waals surface area contributed by atoms with Gasteiger partial charge in [-0.15, -0.1) is 11.3 Å². The Hall–Kier alpha value is 1.16. The number of hydrogen-bond acceptors (Lipinski definition) is 1. The average molecular weight is 392 g/mol. The number of aryl methyl sites for hydroxylation is 2. The van der Waals surface area contributed by atoms with Crippen molar-refractivity contribution in [2.45, 2.75) is 22.7 Å². The van der Waals surface area contributed by atoms with Crippen LogP contribution in [0.5, 0.6) is 0 Å². The van der Waals surface area contributed by atoms with E-state index in [1.807, 2.05) is 11.3 Å². The smallest absolute Gasteiger partial charge is 0.0261 e. The summed E-state index contributed by atoms with van der Waals surface area (Å²) in [6.07, 6.45) is 0. The molecule has 62 valence electrons. The fourth-order valence-corrected chi connectivity index (χ4v) is 4.81. The van der Waals surface area contributed by atoms with Gasteiger partial charge in [0.15, 0.2) is 0 Å². The second-order valence-corrected chi connectivity index (χ2v) is 5.39. The minimum Gasteiger partial charge on any atom is -0.145 e. The summed E-state index contributed by atoms with van der Waals surface area (Å²) >= 11 is 6.82. The van der Waals surface area contributed by atoms with E-state index in [9.17, 15) is 0 Å². The average Bonchev–Trinajstić information content (AvgIpc) is 2.24. The summed E-state index contributed by atoms with van der Waals surface area (Å²) in [6.45, 7) is 4.45. The van der Waals surface area contributed by atoms with Gasteiger partial charge in [0.2, 0.25) is 0 Å². The summed E-state index contributed by atoms with van der Waals surface area (Å²) in [5, 5.41) is 0. The Balaban J connectivity index is 3.17. The molecule has 0 saturated heterocycles. The summed E-state index contributed by atoms with van der Waals surface area (Å²) in [7, 11) is 0. The largest absolute Gasteiger partial charge is 0.145 e. The van der Waals surface area contributed by atoms with Crippen molar-refractivity contribution in [3.05, 3.63) is 20.9 Å². The highest BCUT2D eigenvalue weighted by Gasteiger charge is 2.09. The molecule has 0 aliphatic carbocycles. The second kappa shape index (κ2) is 4.41. The first-order valence-corrected chi connectivity index (χ1v) is 7.27. The summed E-state index contributed by atoms with van der Waals surface area (Å²) in [4.78, 5) is 3.01. The van der Waals surface area contributed by atoms with Gasteiger partial charge < -0.3 is 0 Å². The van der Waals surface area contributed by atoms with Crippen LogP contribution in [0.3, 0.4) is 0 Å². The molecule has 0 bridgehead atoms. The summed E-state index contributed by atoms with van der Waals surface area (Å²) in [5.74, 6) is 0. The molecule has 3 heteroatoms. The topological polar surface area (TPSA) is 0 Å². The molecule has 0 aliphatic rings. The number of rotatable bonds is 2. The maximum absolute atomic E-state index is 2.44. The monoisotopic (exact) mass is 392 g/mol. The van der Waals surface area contributed by atoms with Gasteiger partial charge in [-0.2, -0.15) is 0 Å². The zero-order chi connectivity index (χ0) is 8.43. The Bertz CT molecular complexity index is 228. The molecule has 0 spiro atoms. The van der Waals surface area contributed by atoms with Gasteiger partial charge in [0.25, 0.3) is 0 Å². The molecule has 1 heterocycles. The van der Waals surface area contributed by atoms with Gasteiger partial charge in [0.1, 0.15) is 0 Å². The third-order valence-corrected chi connectivity index (χ3v) is 4.42. The van der Waals surface area contributed by atoms with E-state index < -0.39 is 0 Å². The lowest BCUT2D eigenvalue weighted by Gasteiger charge is -1.97. The van der Waals surface area contributed by atoms with Gasteiger partial charge in [-0.25, -0.2) is 0 Å². The van der Waals surface area contributed by atoms with Gasteiger partial charge in [0.05, 0.1) is 0 Å². The van der Waals surface area contributed by atoms with E-state index in [0.717, 1.165) is 8.86 Å². The quantitative estimate of drug-likeness (QED) is 0.522. The molecule has 11 heavy (non-hydrogen) atoms. The van der Waals surface area contributed by atoms with Crippen LogP contribution < -0.4 is 0 Å². The molecule has 0 fully saturated rings. The van der Waals surface area contributed by atoms with Crippen molar-refractivity contribution in [1.29, 1.82) is 0 Å². The Labute approximate surface area is 99.1 Å². The molecule has 0 amide bonds. The SMILES string of the molecule is Cc1sc(C)c(CI)c1CI. The third kappa shape index (κ3) is 2.09. The van der Waals surface area contributed by atoms with Gasteiger partial charge in [-0.3, -0.25) is 0 Å². The lowest BCUT2D eigenvalue weighted by Crippen LogP contribution is -1.84. The molecule has 0 nitrogen and oxygen atoms in total. The Kier molecular flexibility index (Phi) is 4.11. The van der Waals surface area contributed by atoms with Crippen LogP contribution in [0, 0.1) is 13.8 Å². The third-order valence-electron chi connectivity index (χ3n) is 1.79. The first kappa shape index (κ1) is 10.2. The van der Waals surface area contributed by atoms with E-state index in [2.05, 4.69) is 59.0 Å². The van der Waals surface area contributed by atoms with Gasteiger partial charge >= 0.3 is 0 Å². The maximum atomic E-state index is 2.44. The normalized spacial score (nSPS) is 10.5. The summed E-state index contributed by atoms with van der Waals surface area (Å²) < 4.78 is 2.32. The summed E-state index contributed by atoms with van der Waals surface area (Å²) in [6, 6.07) is 0. The Morgan fingerprint density at radius 1 is 1.00 bits per heavy atom. The number of thiophene rings is 1. The highest BCUT2D eigenvalue weighted by molar-refractivity contribution is 14.1. The molecule has 1 aromatic heterocycles. The molecule has 0 aliphatic heterocycles. The predicted molar refractivity (Wildman–Crippen MR) is 69.2 cm³/mol. The second-order valence-electron chi connectivity index (χ2n) is 2.44. The van der Waals surface area contributed by atoms with Crippen LogP contribution in [0.15, 0.2) is 0 Å². The van der Waals surface area contributed by atoms with E-state index in [-0.39, 0.29) is 0 Å². The van der Waals surface area contributed by atoms with Crippen molar-refractivity contribution in [2.75, 3.05) is 0 Å². The van der Waals surface area contributed by atoms with Crippen molar-refractivity contribution in [1.82, 2.24) is 0 Å².